The summed E-state index contributed by atoms with van der Waals surface area (Å²) in [6.07, 6.45) is 1.60. The van der Waals surface area contributed by atoms with Gasteiger partial charge in [0.2, 0.25) is 0 Å². The number of ether oxygens (including phenoxy) is 2. The van der Waals surface area contributed by atoms with E-state index < -0.39 is 23.7 Å². The van der Waals surface area contributed by atoms with Crippen LogP contribution in [0.4, 0.5) is 4.79 Å². The molecule has 1 aliphatic rings. The molecule has 1 heterocycles. The molecule has 1 fully saturated rings. The summed E-state index contributed by atoms with van der Waals surface area (Å²) in [5.74, 6) is -0.544. The number of carbonyl (C=O) groups excluding carboxylic acids is 3. The highest BCUT2D eigenvalue weighted by molar-refractivity contribution is 9.10. The van der Waals surface area contributed by atoms with E-state index in [0.29, 0.717) is 17.9 Å². The summed E-state index contributed by atoms with van der Waals surface area (Å²) in [5, 5.41) is -0.498. The fourth-order valence-electron chi connectivity index (χ4n) is 2.59. The maximum atomic E-state index is 12.5. The Morgan fingerprint density at radius 1 is 1.14 bits per heavy atom. The van der Waals surface area contributed by atoms with Crippen LogP contribution >= 0.6 is 27.7 Å². The van der Waals surface area contributed by atoms with Crippen molar-refractivity contribution in [3.63, 3.8) is 0 Å². The van der Waals surface area contributed by atoms with Gasteiger partial charge in [-0.05, 0) is 48.5 Å². The number of esters is 1. The van der Waals surface area contributed by atoms with E-state index >= 15 is 0 Å². The van der Waals surface area contributed by atoms with Crippen molar-refractivity contribution in [2.75, 3.05) is 13.2 Å². The molecule has 29 heavy (non-hydrogen) atoms. The third-order valence-electron chi connectivity index (χ3n) is 3.98. The molecule has 0 aromatic heterocycles. The molecule has 0 atom stereocenters. The van der Waals surface area contributed by atoms with Crippen molar-refractivity contribution in [1.29, 1.82) is 0 Å². The standard InChI is InChI=1S/C21H18BrNO5S/c1-2-27-19(24)12-23-20(25)18(29-21(23)26)11-15-5-3-4-6-17(15)28-13-14-7-9-16(22)10-8-14/h3-11H,2,12-13H2,1H3/b18-11+. The Balaban J connectivity index is 1.74. The van der Waals surface area contributed by atoms with Crippen LogP contribution in [0.1, 0.15) is 18.1 Å². The Kier molecular flexibility index (Phi) is 7.11. The minimum Gasteiger partial charge on any atom is -0.488 e. The van der Waals surface area contributed by atoms with Crippen LogP contribution < -0.4 is 4.74 Å². The average Bonchev–Trinajstić information content (AvgIpc) is 2.96. The topological polar surface area (TPSA) is 72.9 Å². The van der Waals surface area contributed by atoms with Crippen LogP contribution in [0.5, 0.6) is 5.75 Å². The SMILES string of the molecule is CCOC(=O)CN1C(=O)S/C(=C/c2ccccc2OCc2ccc(Br)cc2)C1=O. The van der Waals surface area contributed by atoms with E-state index in [0.717, 1.165) is 26.7 Å². The highest BCUT2D eigenvalue weighted by atomic mass is 79.9. The van der Waals surface area contributed by atoms with E-state index in [1.165, 1.54) is 0 Å². The predicted octanol–water partition coefficient (Wildman–Crippen LogP) is 4.63. The van der Waals surface area contributed by atoms with E-state index in [2.05, 4.69) is 15.9 Å². The number of halogens is 1. The van der Waals surface area contributed by atoms with Gasteiger partial charge in [-0.25, -0.2) is 0 Å². The molecule has 2 aromatic rings. The number of para-hydroxylation sites is 1. The number of rotatable bonds is 7. The van der Waals surface area contributed by atoms with Gasteiger partial charge < -0.3 is 9.47 Å². The zero-order valence-electron chi connectivity index (χ0n) is 15.6. The first-order valence-corrected chi connectivity index (χ1v) is 10.5. The second-order valence-corrected chi connectivity index (χ2v) is 7.93. The Hall–Kier alpha value is -2.58. The molecule has 3 rings (SSSR count). The molecule has 0 saturated carbocycles. The lowest BCUT2D eigenvalue weighted by Crippen LogP contribution is -2.34. The molecule has 1 saturated heterocycles. The molecule has 8 heteroatoms. The second kappa shape index (κ2) is 9.76. The molecule has 6 nitrogen and oxygen atoms in total. The number of imide groups is 1. The molecule has 0 unspecified atom stereocenters. The van der Waals surface area contributed by atoms with Gasteiger partial charge >= 0.3 is 5.97 Å². The van der Waals surface area contributed by atoms with Gasteiger partial charge in [-0.1, -0.05) is 46.3 Å². The van der Waals surface area contributed by atoms with E-state index in [9.17, 15) is 14.4 Å². The first-order valence-electron chi connectivity index (χ1n) is 8.85. The molecular formula is C21H18BrNO5S. The molecule has 0 N–H and O–H groups in total. The first kappa shape index (κ1) is 21.1. The predicted molar refractivity (Wildman–Crippen MR) is 114 cm³/mol. The van der Waals surface area contributed by atoms with E-state index in [1.54, 1.807) is 25.1 Å². The smallest absolute Gasteiger partial charge is 0.326 e. The third-order valence-corrected chi connectivity index (χ3v) is 5.42. The molecule has 1 aliphatic heterocycles. The number of benzene rings is 2. The summed E-state index contributed by atoms with van der Waals surface area (Å²) in [6, 6.07) is 15.0. The normalized spacial score (nSPS) is 15.1. The summed E-state index contributed by atoms with van der Waals surface area (Å²) in [5.41, 5.74) is 1.67. The summed E-state index contributed by atoms with van der Waals surface area (Å²) in [6.45, 7) is 1.82. The first-order chi connectivity index (χ1) is 14.0. The number of nitrogens with zero attached hydrogens (tertiary/aromatic N) is 1. The third kappa shape index (κ3) is 5.48. The Morgan fingerprint density at radius 3 is 2.59 bits per heavy atom. The van der Waals surface area contributed by atoms with Gasteiger partial charge in [0.05, 0.1) is 11.5 Å². The minimum atomic E-state index is -0.616. The van der Waals surface area contributed by atoms with Gasteiger partial charge in [0.1, 0.15) is 18.9 Å². The van der Waals surface area contributed by atoms with Crippen LogP contribution in [0.3, 0.4) is 0 Å². The highest BCUT2D eigenvalue weighted by Crippen LogP contribution is 2.34. The van der Waals surface area contributed by atoms with Crippen molar-refractivity contribution in [2.45, 2.75) is 13.5 Å². The Morgan fingerprint density at radius 2 is 1.86 bits per heavy atom. The van der Waals surface area contributed by atoms with Crippen molar-refractivity contribution in [1.82, 2.24) is 4.90 Å². The van der Waals surface area contributed by atoms with Gasteiger partial charge in [-0.3, -0.25) is 19.3 Å². The molecule has 0 bridgehead atoms. The van der Waals surface area contributed by atoms with Crippen molar-refractivity contribution < 1.29 is 23.9 Å². The maximum Gasteiger partial charge on any atom is 0.326 e. The number of hydrogen-bond acceptors (Lipinski definition) is 6. The summed E-state index contributed by atoms with van der Waals surface area (Å²) in [7, 11) is 0. The van der Waals surface area contributed by atoms with Gasteiger partial charge in [0, 0.05) is 10.0 Å². The lowest BCUT2D eigenvalue weighted by atomic mass is 10.1. The van der Waals surface area contributed by atoms with Crippen molar-refractivity contribution >= 4 is 50.9 Å². The quantitative estimate of drug-likeness (QED) is 0.429. The van der Waals surface area contributed by atoms with E-state index in [1.807, 2.05) is 36.4 Å². The Bertz CT molecular complexity index is 958. The van der Waals surface area contributed by atoms with Crippen LogP contribution in [0.25, 0.3) is 6.08 Å². The minimum absolute atomic E-state index is 0.188. The summed E-state index contributed by atoms with van der Waals surface area (Å²) < 4.78 is 11.7. The zero-order chi connectivity index (χ0) is 20.8. The largest absolute Gasteiger partial charge is 0.488 e. The van der Waals surface area contributed by atoms with Crippen molar-refractivity contribution in [2.24, 2.45) is 0 Å². The van der Waals surface area contributed by atoms with Crippen molar-refractivity contribution in [3.05, 3.63) is 69.0 Å². The number of carbonyl (C=O) groups is 3. The van der Waals surface area contributed by atoms with Crippen LogP contribution in [-0.2, 0) is 20.9 Å². The van der Waals surface area contributed by atoms with E-state index in [4.69, 9.17) is 9.47 Å². The summed E-state index contributed by atoms with van der Waals surface area (Å²) in [4.78, 5) is 37.4. The number of hydrogen-bond donors (Lipinski definition) is 0. The molecular weight excluding hydrogens is 458 g/mol. The lowest BCUT2D eigenvalue weighted by molar-refractivity contribution is -0.145. The number of amides is 2. The van der Waals surface area contributed by atoms with Crippen LogP contribution in [0.2, 0.25) is 0 Å². The molecule has 0 aliphatic carbocycles. The van der Waals surface area contributed by atoms with Gasteiger partial charge in [0.15, 0.2) is 0 Å². The second-order valence-electron chi connectivity index (χ2n) is 6.03. The molecule has 0 radical (unpaired) electrons. The van der Waals surface area contributed by atoms with Crippen LogP contribution in [-0.4, -0.2) is 35.2 Å². The molecule has 0 spiro atoms. The average molecular weight is 476 g/mol. The fraction of sp³-hybridized carbons (Fsp3) is 0.190. The van der Waals surface area contributed by atoms with Gasteiger partial charge in [0.25, 0.3) is 11.1 Å². The highest BCUT2D eigenvalue weighted by Gasteiger charge is 2.36. The fourth-order valence-corrected chi connectivity index (χ4v) is 3.68. The Labute approximate surface area is 181 Å². The molecule has 2 amide bonds. The van der Waals surface area contributed by atoms with Crippen LogP contribution in [0, 0.1) is 0 Å². The van der Waals surface area contributed by atoms with Gasteiger partial charge in [-0.15, -0.1) is 0 Å². The summed E-state index contributed by atoms with van der Waals surface area (Å²) >= 11 is 4.19. The van der Waals surface area contributed by atoms with Crippen molar-refractivity contribution in [3.8, 4) is 5.75 Å². The van der Waals surface area contributed by atoms with Crippen LogP contribution in [0.15, 0.2) is 57.9 Å². The van der Waals surface area contributed by atoms with E-state index in [-0.39, 0.29) is 11.5 Å². The lowest BCUT2D eigenvalue weighted by Gasteiger charge is -2.11. The maximum absolute atomic E-state index is 12.5. The number of thioether (sulfide) groups is 1. The zero-order valence-corrected chi connectivity index (χ0v) is 18.0. The molecule has 2 aromatic carbocycles. The monoisotopic (exact) mass is 475 g/mol. The van der Waals surface area contributed by atoms with Gasteiger partial charge in [-0.2, -0.15) is 0 Å². The molecule has 150 valence electrons.